The maximum Gasteiger partial charge on any atom is 0.0694 e. The Labute approximate surface area is 124 Å². The standard InChI is InChI=1S/C16H20ClN3/c1-19-16(10-4-2-5-11(17)8-10)13-9-12-6-3-7-14(20-12)15(13)18/h2,4-5,8,12,14,20H,3,6-7,9,18H2,1H3. The van der Waals surface area contributed by atoms with Gasteiger partial charge in [0, 0.05) is 35.4 Å². The minimum absolute atomic E-state index is 0.313. The molecule has 3 nitrogen and oxygen atoms in total. The number of hydrogen-bond donors (Lipinski definition) is 2. The van der Waals surface area contributed by atoms with Gasteiger partial charge in [-0.25, -0.2) is 0 Å². The van der Waals surface area contributed by atoms with Crippen molar-refractivity contribution in [1.29, 1.82) is 0 Å². The maximum absolute atomic E-state index is 6.39. The van der Waals surface area contributed by atoms with Gasteiger partial charge in [0.1, 0.15) is 0 Å². The van der Waals surface area contributed by atoms with Gasteiger partial charge in [0.05, 0.1) is 5.71 Å². The molecule has 1 saturated heterocycles. The summed E-state index contributed by atoms with van der Waals surface area (Å²) in [7, 11) is 1.83. The third kappa shape index (κ3) is 2.48. The van der Waals surface area contributed by atoms with Crippen LogP contribution in [-0.4, -0.2) is 24.8 Å². The zero-order valence-corrected chi connectivity index (χ0v) is 12.5. The van der Waals surface area contributed by atoms with Crippen molar-refractivity contribution in [3.05, 3.63) is 46.1 Å². The van der Waals surface area contributed by atoms with E-state index in [4.69, 9.17) is 17.3 Å². The fourth-order valence-electron chi connectivity index (χ4n) is 3.31. The molecule has 0 spiro atoms. The van der Waals surface area contributed by atoms with Gasteiger partial charge in [-0.3, -0.25) is 4.99 Å². The minimum Gasteiger partial charge on any atom is -0.400 e. The molecule has 2 unspecified atom stereocenters. The summed E-state index contributed by atoms with van der Waals surface area (Å²) in [5, 5.41) is 4.34. The Morgan fingerprint density at radius 2 is 2.25 bits per heavy atom. The normalized spacial score (nSPS) is 26.8. The van der Waals surface area contributed by atoms with Crippen molar-refractivity contribution in [2.45, 2.75) is 37.8 Å². The van der Waals surface area contributed by atoms with Crippen LogP contribution in [-0.2, 0) is 0 Å². The third-order valence-corrected chi connectivity index (χ3v) is 4.50. The van der Waals surface area contributed by atoms with Crippen molar-refractivity contribution < 1.29 is 0 Å². The van der Waals surface area contributed by atoms with Crippen molar-refractivity contribution in [1.82, 2.24) is 5.32 Å². The average molecular weight is 290 g/mol. The topological polar surface area (TPSA) is 50.4 Å². The second-order valence-electron chi connectivity index (χ2n) is 5.57. The molecule has 0 aliphatic carbocycles. The van der Waals surface area contributed by atoms with Crippen LogP contribution in [0, 0.1) is 0 Å². The molecule has 2 aliphatic rings. The van der Waals surface area contributed by atoms with E-state index in [1.807, 2.05) is 31.3 Å². The molecule has 0 radical (unpaired) electrons. The highest BCUT2D eigenvalue weighted by molar-refractivity contribution is 6.31. The van der Waals surface area contributed by atoms with Crippen molar-refractivity contribution in [3.8, 4) is 0 Å². The Kier molecular flexibility index (Phi) is 3.81. The number of rotatable bonds is 2. The van der Waals surface area contributed by atoms with E-state index in [0.29, 0.717) is 12.1 Å². The van der Waals surface area contributed by atoms with E-state index in [1.165, 1.54) is 18.4 Å². The van der Waals surface area contributed by atoms with Gasteiger partial charge in [-0.15, -0.1) is 0 Å². The molecule has 3 N–H and O–H groups in total. The second kappa shape index (κ2) is 5.58. The first-order chi connectivity index (χ1) is 9.69. The van der Waals surface area contributed by atoms with Crippen LogP contribution in [0.25, 0.3) is 0 Å². The summed E-state index contributed by atoms with van der Waals surface area (Å²) >= 11 is 6.10. The molecule has 1 aromatic carbocycles. The van der Waals surface area contributed by atoms with E-state index in [2.05, 4.69) is 10.3 Å². The van der Waals surface area contributed by atoms with E-state index in [1.54, 1.807) is 0 Å². The third-order valence-electron chi connectivity index (χ3n) is 4.26. The highest BCUT2D eigenvalue weighted by Gasteiger charge is 2.32. The summed E-state index contributed by atoms with van der Waals surface area (Å²) in [6, 6.07) is 8.70. The molecule has 2 heterocycles. The first-order valence-electron chi connectivity index (χ1n) is 7.16. The Balaban J connectivity index is 2.01. The van der Waals surface area contributed by atoms with Gasteiger partial charge in [0.25, 0.3) is 0 Å². The van der Waals surface area contributed by atoms with Crippen LogP contribution in [0.5, 0.6) is 0 Å². The SMILES string of the molecule is CN=C(C1=C(N)C2CCCC(C1)N2)c1cccc(Cl)c1. The highest BCUT2D eigenvalue weighted by atomic mass is 35.5. The monoisotopic (exact) mass is 289 g/mol. The molecule has 2 bridgehead atoms. The van der Waals surface area contributed by atoms with Gasteiger partial charge in [-0.1, -0.05) is 23.7 Å². The molecule has 3 rings (SSSR count). The minimum atomic E-state index is 0.313. The quantitative estimate of drug-likeness (QED) is 0.823. The smallest absolute Gasteiger partial charge is 0.0694 e. The van der Waals surface area contributed by atoms with E-state index < -0.39 is 0 Å². The van der Waals surface area contributed by atoms with E-state index >= 15 is 0 Å². The molecule has 0 aromatic heterocycles. The number of nitrogens with zero attached hydrogens (tertiary/aromatic N) is 1. The van der Waals surface area contributed by atoms with Crippen LogP contribution in [0.2, 0.25) is 5.02 Å². The predicted octanol–water partition coefficient (Wildman–Crippen LogP) is 2.89. The molecule has 0 saturated carbocycles. The van der Waals surface area contributed by atoms with Crippen LogP contribution in [0.15, 0.2) is 40.5 Å². The number of hydrogen-bond acceptors (Lipinski definition) is 3. The van der Waals surface area contributed by atoms with Crippen LogP contribution in [0.4, 0.5) is 0 Å². The number of aliphatic imine (C=N–C) groups is 1. The summed E-state index contributed by atoms with van der Waals surface area (Å²) in [4.78, 5) is 4.49. The van der Waals surface area contributed by atoms with Crippen molar-refractivity contribution in [2.75, 3.05) is 7.05 Å². The Bertz CT molecular complexity index is 577. The van der Waals surface area contributed by atoms with E-state index in [0.717, 1.165) is 34.8 Å². The summed E-state index contributed by atoms with van der Waals surface area (Å²) < 4.78 is 0. The average Bonchev–Trinajstić information content (AvgIpc) is 2.45. The first-order valence-corrected chi connectivity index (χ1v) is 7.54. The van der Waals surface area contributed by atoms with Gasteiger partial charge in [0.2, 0.25) is 0 Å². The summed E-state index contributed by atoms with van der Waals surface area (Å²) in [6.07, 6.45) is 4.56. The fourth-order valence-corrected chi connectivity index (χ4v) is 3.50. The van der Waals surface area contributed by atoms with Gasteiger partial charge in [-0.05, 0) is 43.4 Å². The number of nitrogens with two attached hydrogens (primary N) is 1. The fraction of sp³-hybridized carbons (Fsp3) is 0.438. The van der Waals surface area contributed by atoms with Crippen LogP contribution in [0.1, 0.15) is 31.2 Å². The maximum atomic E-state index is 6.39. The zero-order chi connectivity index (χ0) is 14.1. The van der Waals surface area contributed by atoms with Crippen molar-refractivity contribution >= 4 is 17.3 Å². The van der Waals surface area contributed by atoms with E-state index in [9.17, 15) is 0 Å². The summed E-state index contributed by atoms with van der Waals surface area (Å²) in [6.45, 7) is 0. The molecular formula is C16H20ClN3. The Morgan fingerprint density at radius 1 is 1.40 bits per heavy atom. The lowest BCUT2D eigenvalue weighted by molar-refractivity contribution is 0.325. The molecule has 0 amide bonds. The van der Waals surface area contributed by atoms with Crippen molar-refractivity contribution in [3.63, 3.8) is 0 Å². The molecule has 2 aliphatic heterocycles. The molecule has 106 valence electrons. The number of fused-ring (bicyclic) bond motifs is 2. The lowest BCUT2D eigenvalue weighted by Gasteiger charge is -2.38. The molecular weight excluding hydrogens is 270 g/mol. The van der Waals surface area contributed by atoms with Gasteiger partial charge < -0.3 is 11.1 Å². The lowest BCUT2D eigenvalue weighted by Crippen LogP contribution is -2.50. The lowest BCUT2D eigenvalue weighted by atomic mass is 9.82. The Morgan fingerprint density at radius 3 is 3.00 bits per heavy atom. The van der Waals surface area contributed by atoms with Gasteiger partial charge in [-0.2, -0.15) is 0 Å². The zero-order valence-electron chi connectivity index (χ0n) is 11.7. The van der Waals surface area contributed by atoms with Gasteiger partial charge >= 0.3 is 0 Å². The number of benzene rings is 1. The van der Waals surface area contributed by atoms with Crippen molar-refractivity contribution in [2.24, 2.45) is 10.7 Å². The number of halogens is 1. The second-order valence-corrected chi connectivity index (χ2v) is 6.00. The number of nitrogens with one attached hydrogen (secondary N) is 1. The van der Waals surface area contributed by atoms with E-state index in [-0.39, 0.29) is 0 Å². The summed E-state index contributed by atoms with van der Waals surface area (Å²) in [5.41, 5.74) is 10.6. The highest BCUT2D eigenvalue weighted by Crippen LogP contribution is 2.30. The van der Waals surface area contributed by atoms with Crippen LogP contribution in [0.3, 0.4) is 0 Å². The molecule has 2 atom stereocenters. The molecule has 1 fully saturated rings. The first kappa shape index (κ1) is 13.7. The number of piperidine rings is 1. The molecule has 20 heavy (non-hydrogen) atoms. The largest absolute Gasteiger partial charge is 0.400 e. The Hall–Kier alpha value is -1.32. The molecule has 1 aromatic rings. The molecule has 4 heteroatoms. The van der Waals surface area contributed by atoms with Crippen LogP contribution < -0.4 is 11.1 Å². The van der Waals surface area contributed by atoms with Crippen LogP contribution >= 0.6 is 11.6 Å². The predicted molar refractivity (Wildman–Crippen MR) is 84.3 cm³/mol. The summed E-state index contributed by atoms with van der Waals surface area (Å²) in [5.74, 6) is 0. The van der Waals surface area contributed by atoms with Gasteiger partial charge in [0.15, 0.2) is 0 Å².